The molecule has 0 aliphatic carbocycles. The van der Waals surface area contributed by atoms with E-state index in [4.69, 9.17) is 25.7 Å². The van der Waals surface area contributed by atoms with E-state index < -0.39 is 0 Å². The van der Waals surface area contributed by atoms with E-state index in [-0.39, 0.29) is 12.3 Å². The number of amides is 1. The van der Waals surface area contributed by atoms with E-state index in [1.807, 2.05) is 56.3 Å². The Bertz CT molecular complexity index is 1200. The van der Waals surface area contributed by atoms with Gasteiger partial charge in [-0.05, 0) is 60.9 Å². The first-order valence-electron chi connectivity index (χ1n) is 9.48. The van der Waals surface area contributed by atoms with Crippen LogP contribution in [0.5, 0.6) is 5.75 Å². The van der Waals surface area contributed by atoms with Crippen molar-refractivity contribution >= 4 is 44.2 Å². The van der Waals surface area contributed by atoms with E-state index >= 15 is 0 Å². The van der Waals surface area contributed by atoms with Crippen molar-refractivity contribution in [3.05, 3.63) is 76.2 Å². The summed E-state index contributed by atoms with van der Waals surface area (Å²) in [4.78, 5) is 19.7. The number of carbonyl (C=O) groups is 1. The second-order valence-electron chi connectivity index (χ2n) is 7.06. The van der Waals surface area contributed by atoms with Crippen molar-refractivity contribution in [1.82, 2.24) is 4.98 Å². The second kappa shape index (κ2) is 8.50. The minimum absolute atomic E-state index is 0.0567. The number of aryl methyl sites for hydroxylation is 2. The van der Waals surface area contributed by atoms with E-state index in [0.29, 0.717) is 22.5 Å². The van der Waals surface area contributed by atoms with Gasteiger partial charge in [0.05, 0.1) is 36.6 Å². The molecule has 4 aromatic rings. The number of ether oxygens (including phenoxy) is 1. The molecule has 2 aromatic carbocycles. The number of aromatic nitrogens is 1. The van der Waals surface area contributed by atoms with Crippen LogP contribution in [0.1, 0.15) is 22.5 Å². The fraction of sp³-hybridized carbons (Fsp3) is 0.217. The van der Waals surface area contributed by atoms with Gasteiger partial charge in [0, 0.05) is 5.02 Å². The predicted octanol–water partition coefficient (Wildman–Crippen LogP) is 5.94. The number of fused-ring (bicyclic) bond motifs is 1. The normalized spacial score (nSPS) is 11.1. The average molecular weight is 441 g/mol. The molecule has 7 heteroatoms. The Morgan fingerprint density at radius 1 is 1.23 bits per heavy atom. The van der Waals surface area contributed by atoms with Gasteiger partial charge in [-0.25, -0.2) is 4.98 Å². The summed E-state index contributed by atoms with van der Waals surface area (Å²) in [6.45, 7) is 4.22. The van der Waals surface area contributed by atoms with Crippen molar-refractivity contribution in [3.63, 3.8) is 0 Å². The molecule has 0 unspecified atom stereocenters. The molecule has 0 radical (unpaired) electrons. The maximum absolute atomic E-state index is 13.3. The number of hydrogen-bond acceptors (Lipinski definition) is 5. The maximum atomic E-state index is 13.3. The molecule has 2 aromatic heterocycles. The Labute approximate surface area is 183 Å². The molecule has 1 amide bonds. The Hall–Kier alpha value is -2.83. The van der Waals surface area contributed by atoms with E-state index in [0.717, 1.165) is 32.7 Å². The lowest BCUT2D eigenvalue weighted by molar-refractivity contribution is -0.118. The van der Waals surface area contributed by atoms with Crippen LogP contribution in [-0.4, -0.2) is 18.0 Å². The van der Waals surface area contributed by atoms with Crippen LogP contribution < -0.4 is 9.64 Å². The molecule has 0 bridgehead atoms. The predicted molar refractivity (Wildman–Crippen MR) is 121 cm³/mol. The zero-order chi connectivity index (χ0) is 21.3. The largest absolute Gasteiger partial charge is 0.496 e. The Morgan fingerprint density at radius 3 is 2.77 bits per heavy atom. The molecule has 0 aliphatic heterocycles. The quantitative estimate of drug-likeness (QED) is 0.372. The number of benzene rings is 2. The molecular formula is C23H21ClN2O3S. The summed E-state index contributed by atoms with van der Waals surface area (Å²) in [7, 11) is 1.64. The van der Waals surface area contributed by atoms with Crippen LogP contribution in [0.25, 0.3) is 10.2 Å². The summed E-state index contributed by atoms with van der Waals surface area (Å²) in [6, 6.07) is 13.2. The SMILES string of the molecule is COc1ccc(CC(=O)N(Cc2ccco2)c2nc3c(C)c(Cl)ccc3s2)cc1C. The monoisotopic (exact) mass is 440 g/mol. The Balaban J connectivity index is 1.68. The Kier molecular flexibility index (Phi) is 5.79. The number of furan rings is 1. The molecule has 0 aliphatic rings. The maximum Gasteiger partial charge on any atom is 0.233 e. The zero-order valence-corrected chi connectivity index (χ0v) is 18.5. The lowest BCUT2D eigenvalue weighted by Gasteiger charge is -2.19. The first-order chi connectivity index (χ1) is 14.5. The van der Waals surface area contributed by atoms with Crippen LogP contribution in [0.15, 0.2) is 53.1 Å². The Morgan fingerprint density at radius 2 is 2.07 bits per heavy atom. The molecule has 0 atom stereocenters. The van der Waals surface area contributed by atoms with Crippen molar-refractivity contribution in [3.8, 4) is 5.75 Å². The number of methoxy groups -OCH3 is 1. The van der Waals surface area contributed by atoms with Gasteiger partial charge in [-0.3, -0.25) is 9.69 Å². The van der Waals surface area contributed by atoms with E-state index in [1.165, 1.54) is 11.3 Å². The van der Waals surface area contributed by atoms with Gasteiger partial charge < -0.3 is 9.15 Å². The van der Waals surface area contributed by atoms with Crippen LogP contribution in [0.2, 0.25) is 5.02 Å². The van der Waals surface area contributed by atoms with Gasteiger partial charge >= 0.3 is 0 Å². The molecule has 4 rings (SSSR count). The zero-order valence-electron chi connectivity index (χ0n) is 16.9. The van der Waals surface area contributed by atoms with Gasteiger partial charge in [0.25, 0.3) is 0 Å². The summed E-state index contributed by atoms with van der Waals surface area (Å²) in [5.74, 6) is 1.44. The number of carbonyl (C=O) groups excluding carboxylic acids is 1. The van der Waals surface area contributed by atoms with Crippen LogP contribution in [0, 0.1) is 13.8 Å². The molecule has 0 N–H and O–H groups in total. The van der Waals surface area contributed by atoms with Crippen molar-refractivity contribution in [2.24, 2.45) is 0 Å². The van der Waals surface area contributed by atoms with Gasteiger partial charge in [-0.15, -0.1) is 0 Å². The third kappa shape index (κ3) is 4.06. The minimum Gasteiger partial charge on any atom is -0.496 e. The van der Waals surface area contributed by atoms with Crippen LogP contribution in [-0.2, 0) is 17.8 Å². The van der Waals surface area contributed by atoms with Gasteiger partial charge in [0.2, 0.25) is 5.91 Å². The van der Waals surface area contributed by atoms with Gasteiger partial charge in [-0.2, -0.15) is 0 Å². The van der Waals surface area contributed by atoms with Crippen LogP contribution >= 0.6 is 22.9 Å². The molecule has 0 fully saturated rings. The summed E-state index contributed by atoms with van der Waals surface area (Å²) in [6.07, 6.45) is 1.86. The third-order valence-electron chi connectivity index (χ3n) is 4.98. The fourth-order valence-corrected chi connectivity index (χ4v) is 4.54. The molecule has 30 heavy (non-hydrogen) atoms. The molecule has 0 spiro atoms. The van der Waals surface area contributed by atoms with Crippen LogP contribution in [0.3, 0.4) is 0 Å². The number of halogens is 1. The van der Waals surface area contributed by atoms with Crippen LogP contribution in [0.4, 0.5) is 5.13 Å². The summed E-state index contributed by atoms with van der Waals surface area (Å²) in [5.41, 5.74) is 3.64. The summed E-state index contributed by atoms with van der Waals surface area (Å²) >= 11 is 7.73. The average Bonchev–Trinajstić information content (AvgIpc) is 3.39. The molecule has 154 valence electrons. The van der Waals surface area contributed by atoms with Crippen molar-refractivity contribution in [1.29, 1.82) is 0 Å². The van der Waals surface area contributed by atoms with Gasteiger partial charge in [0.15, 0.2) is 5.13 Å². The van der Waals surface area contributed by atoms with Gasteiger partial charge in [0.1, 0.15) is 11.5 Å². The molecule has 0 saturated heterocycles. The number of hydrogen-bond donors (Lipinski definition) is 0. The highest BCUT2D eigenvalue weighted by molar-refractivity contribution is 7.22. The lowest BCUT2D eigenvalue weighted by Crippen LogP contribution is -2.31. The number of thiazole rings is 1. The number of rotatable bonds is 6. The fourth-order valence-electron chi connectivity index (χ4n) is 3.35. The van der Waals surface area contributed by atoms with Crippen molar-refractivity contribution < 1.29 is 13.9 Å². The second-order valence-corrected chi connectivity index (χ2v) is 8.47. The third-order valence-corrected chi connectivity index (χ3v) is 6.43. The summed E-state index contributed by atoms with van der Waals surface area (Å²) < 4.78 is 11.8. The van der Waals surface area contributed by atoms with Crippen molar-refractivity contribution in [2.75, 3.05) is 12.0 Å². The van der Waals surface area contributed by atoms with E-state index in [2.05, 4.69) is 0 Å². The van der Waals surface area contributed by atoms with Gasteiger partial charge in [-0.1, -0.05) is 35.1 Å². The van der Waals surface area contributed by atoms with E-state index in [9.17, 15) is 4.79 Å². The number of anilines is 1. The molecule has 5 nitrogen and oxygen atoms in total. The first-order valence-corrected chi connectivity index (χ1v) is 10.7. The van der Waals surface area contributed by atoms with E-state index in [1.54, 1.807) is 18.3 Å². The minimum atomic E-state index is -0.0567. The first kappa shape index (κ1) is 20.4. The highest BCUT2D eigenvalue weighted by Gasteiger charge is 2.22. The molecule has 0 saturated carbocycles. The number of nitrogens with zero attached hydrogens (tertiary/aromatic N) is 2. The molecular weight excluding hydrogens is 420 g/mol. The summed E-state index contributed by atoms with van der Waals surface area (Å²) in [5, 5.41) is 1.29. The highest BCUT2D eigenvalue weighted by atomic mass is 35.5. The highest BCUT2D eigenvalue weighted by Crippen LogP contribution is 2.34. The molecule has 2 heterocycles. The lowest BCUT2D eigenvalue weighted by atomic mass is 10.1. The smallest absolute Gasteiger partial charge is 0.233 e. The topological polar surface area (TPSA) is 55.6 Å². The van der Waals surface area contributed by atoms with Crippen molar-refractivity contribution in [2.45, 2.75) is 26.8 Å². The standard InChI is InChI=1S/C23H21ClN2O3S/c1-14-11-16(6-8-19(14)28-3)12-21(27)26(13-17-5-4-10-29-17)23-25-22-15(2)18(24)7-9-20(22)30-23/h4-11H,12-13H2,1-3H3.